The Bertz CT molecular complexity index is 669. The number of rotatable bonds is 4. The van der Waals surface area contributed by atoms with Gasteiger partial charge in [0.25, 0.3) is 0 Å². The molecule has 4 nitrogen and oxygen atoms in total. The van der Waals surface area contributed by atoms with Gasteiger partial charge in [0.2, 0.25) is 11.8 Å². The van der Waals surface area contributed by atoms with Crippen LogP contribution < -0.4 is 10.6 Å². The van der Waals surface area contributed by atoms with Gasteiger partial charge in [0.05, 0.1) is 11.1 Å². The first-order chi connectivity index (χ1) is 11.8. The number of carbonyl (C=O) groups is 2. The highest BCUT2D eigenvalue weighted by atomic mass is 19.4. The van der Waals surface area contributed by atoms with Crippen LogP contribution in [-0.2, 0) is 21.3 Å². The Kier molecular flexibility index (Phi) is 4.75. The van der Waals surface area contributed by atoms with Gasteiger partial charge in [0.15, 0.2) is 0 Å². The minimum absolute atomic E-state index is 0.0553. The van der Waals surface area contributed by atoms with Crippen LogP contribution in [0.2, 0.25) is 0 Å². The van der Waals surface area contributed by atoms with Crippen molar-refractivity contribution in [1.29, 1.82) is 0 Å². The van der Waals surface area contributed by atoms with Gasteiger partial charge in [-0.3, -0.25) is 9.59 Å². The number of alkyl halides is 3. The van der Waals surface area contributed by atoms with Crippen molar-refractivity contribution in [1.82, 2.24) is 10.6 Å². The van der Waals surface area contributed by atoms with E-state index >= 15 is 0 Å². The molecule has 2 amide bonds. The smallest absolute Gasteiger partial charge is 0.353 e. The van der Waals surface area contributed by atoms with Gasteiger partial charge < -0.3 is 10.6 Å². The Morgan fingerprint density at radius 1 is 1.28 bits per heavy atom. The monoisotopic (exact) mass is 354 g/mol. The molecule has 1 atom stereocenters. The third-order valence-corrected chi connectivity index (χ3v) is 5.08. The molecule has 1 aliphatic heterocycles. The van der Waals surface area contributed by atoms with Crippen LogP contribution >= 0.6 is 0 Å². The van der Waals surface area contributed by atoms with Crippen LogP contribution in [0.5, 0.6) is 0 Å². The summed E-state index contributed by atoms with van der Waals surface area (Å²) in [4.78, 5) is 23.8. The second-order valence-corrected chi connectivity index (χ2v) is 6.92. The van der Waals surface area contributed by atoms with Crippen molar-refractivity contribution in [2.45, 2.75) is 62.7 Å². The topological polar surface area (TPSA) is 58.2 Å². The minimum atomic E-state index is -4.41. The van der Waals surface area contributed by atoms with E-state index in [1.807, 2.05) is 0 Å². The zero-order valence-electron chi connectivity index (χ0n) is 13.8. The molecule has 0 bridgehead atoms. The molecule has 136 valence electrons. The van der Waals surface area contributed by atoms with Crippen LogP contribution in [0.15, 0.2) is 24.3 Å². The summed E-state index contributed by atoms with van der Waals surface area (Å²) < 4.78 is 38.9. The van der Waals surface area contributed by atoms with Crippen molar-refractivity contribution in [2.75, 3.05) is 0 Å². The molecule has 1 aromatic rings. The summed E-state index contributed by atoms with van der Waals surface area (Å²) in [6.07, 6.45) is -0.167. The van der Waals surface area contributed by atoms with Crippen LogP contribution in [0.1, 0.15) is 56.1 Å². The molecule has 3 rings (SSSR count). The summed E-state index contributed by atoms with van der Waals surface area (Å²) >= 11 is 0. The highest BCUT2D eigenvalue weighted by Crippen LogP contribution is 2.43. The van der Waals surface area contributed by atoms with Gasteiger partial charge in [-0.1, -0.05) is 12.1 Å². The number of hydrogen-bond acceptors (Lipinski definition) is 2. The molecule has 1 saturated heterocycles. The van der Waals surface area contributed by atoms with Crippen molar-refractivity contribution >= 4 is 11.8 Å². The fourth-order valence-corrected chi connectivity index (χ4v) is 3.59. The molecule has 1 saturated carbocycles. The van der Waals surface area contributed by atoms with E-state index in [-0.39, 0.29) is 24.3 Å². The summed E-state index contributed by atoms with van der Waals surface area (Å²) in [5.74, 6) is -0.287. The van der Waals surface area contributed by atoms with Gasteiger partial charge in [0.1, 0.15) is 0 Å². The van der Waals surface area contributed by atoms with Crippen LogP contribution in [0.25, 0.3) is 0 Å². The molecule has 1 unspecified atom stereocenters. The number of hydrogen-bond donors (Lipinski definition) is 2. The highest BCUT2D eigenvalue weighted by molar-refractivity contribution is 5.81. The van der Waals surface area contributed by atoms with E-state index < -0.39 is 17.3 Å². The van der Waals surface area contributed by atoms with E-state index in [4.69, 9.17) is 0 Å². The van der Waals surface area contributed by atoms with Gasteiger partial charge in [-0.25, -0.2) is 0 Å². The van der Waals surface area contributed by atoms with E-state index in [1.165, 1.54) is 6.07 Å². The lowest BCUT2D eigenvalue weighted by molar-refractivity contribution is -0.137. The largest absolute Gasteiger partial charge is 0.416 e. The molecule has 1 aromatic carbocycles. The quantitative estimate of drug-likeness (QED) is 0.872. The second-order valence-electron chi connectivity index (χ2n) is 6.92. The third kappa shape index (κ3) is 3.96. The Morgan fingerprint density at radius 2 is 2.04 bits per heavy atom. The van der Waals surface area contributed by atoms with Crippen molar-refractivity contribution in [3.05, 3.63) is 35.4 Å². The van der Waals surface area contributed by atoms with Gasteiger partial charge >= 0.3 is 6.18 Å². The van der Waals surface area contributed by atoms with E-state index in [9.17, 15) is 22.8 Å². The van der Waals surface area contributed by atoms with Crippen molar-refractivity contribution < 1.29 is 22.8 Å². The molecule has 7 heteroatoms. The van der Waals surface area contributed by atoms with Gasteiger partial charge in [-0.2, -0.15) is 13.2 Å². The van der Waals surface area contributed by atoms with Gasteiger partial charge in [-0.05, 0) is 49.8 Å². The SMILES string of the molecule is O=C1CCCC(CC(=O)NC2(c3cccc(C(F)(F)F)c3)CCC2)N1. The van der Waals surface area contributed by atoms with E-state index in [0.717, 1.165) is 31.4 Å². The molecule has 0 spiro atoms. The fourth-order valence-electron chi connectivity index (χ4n) is 3.59. The van der Waals surface area contributed by atoms with E-state index in [2.05, 4.69) is 10.6 Å². The first kappa shape index (κ1) is 17.8. The van der Waals surface area contributed by atoms with Gasteiger partial charge in [-0.15, -0.1) is 0 Å². The zero-order chi connectivity index (χ0) is 18.1. The second kappa shape index (κ2) is 6.69. The lowest BCUT2D eigenvalue weighted by Gasteiger charge is -2.43. The van der Waals surface area contributed by atoms with Crippen LogP contribution in [0, 0.1) is 0 Å². The molecule has 0 aromatic heterocycles. The van der Waals surface area contributed by atoms with E-state index in [1.54, 1.807) is 6.07 Å². The molecule has 1 heterocycles. The van der Waals surface area contributed by atoms with Gasteiger partial charge in [0, 0.05) is 18.9 Å². The Balaban J connectivity index is 1.71. The minimum Gasteiger partial charge on any atom is -0.353 e. The van der Waals surface area contributed by atoms with Crippen molar-refractivity contribution in [3.8, 4) is 0 Å². The molecule has 2 N–H and O–H groups in total. The number of nitrogens with one attached hydrogen (secondary N) is 2. The lowest BCUT2D eigenvalue weighted by atomic mass is 9.71. The Labute approximate surface area is 144 Å². The maximum atomic E-state index is 13.0. The first-order valence-electron chi connectivity index (χ1n) is 8.57. The Hall–Kier alpha value is -2.05. The Morgan fingerprint density at radius 3 is 2.64 bits per heavy atom. The predicted molar refractivity (Wildman–Crippen MR) is 85.5 cm³/mol. The zero-order valence-corrected chi connectivity index (χ0v) is 13.8. The van der Waals surface area contributed by atoms with Crippen LogP contribution in [-0.4, -0.2) is 17.9 Å². The average Bonchev–Trinajstić information content (AvgIpc) is 2.50. The fraction of sp³-hybridized carbons (Fsp3) is 0.556. The molecule has 25 heavy (non-hydrogen) atoms. The van der Waals surface area contributed by atoms with Crippen LogP contribution in [0.4, 0.5) is 13.2 Å². The van der Waals surface area contributed by atoms with E-state index in [0.29, 0.717) is 24.8 Å². The summed E-state index contributed by atoms with van der Waals surface area (Å²) in [6, 6.07) is 4.99. The molecular weight excluding hydrogens is 333 g/mol. The van der Waals surface area contributed by atoms with Crippen molar-refractivity contribution in [2.24, 2.45) is 0 Å². The summed E-state index contributed by atoms with van der Waals surface area (Å²) in [7, 11) is 0. The van der Waals surface area contributed by atoms with Crippen LogP contribution in [0.3, 0.4) is 0 Å². The number of piperidine rings is 1. The number of carbonyl (C=O) groups excluding carboxylic acids is 2. The summed E-state index contributed by atoms with van der Waals surface area (Å²) in [5.41, 5.74) is -0.934. The molecule has 2 fully saturated rings. The highest BCUT2D eigenvalue weighted by Gasteiger charge is 2.41. The number of halogens is 3. The standard InChI is InChI=1S/C18H21F3N2O2/c19-18(20,21)13-5-1-4-12(10-13)17(8-3-9-17)23-16(25)11-14-6-2-7-15(24)22-14/h1,4-5,10,14H,2-3,6-9,11H2,(H,22,24)(H,23,25). The maximum Gasteiger partial charge on any atom is 0.416 e. The first-order valence-corrected chi connectivity index (χ1v) is 8.57. The predicted octanol–water partition coefficient (Wildman–Crippen LogP) is 3.26. The summed E-state index contributed by atoms with van der Waals surface area (Å²) in [5, 5.41) is 5.72. The molecular formula is C18H21F3N2O2. The third-order valence-electron chi connectivity index (χ3n) is 5.08. The molecule has 1 aliphatic carbocycles. The average molecular weight is 354 g/mol. The summed E-state index contributed by atoms with van der Waals surface area (Å²) in [6.45, 7) is 0. The molecule has 0 radical (unpaired) electrons. The lowest BCUT2D eigenvalue weighted by Crippen LogP contribution is -2.52. The molecule has 2 aliphatic rings. The normalized spacial score (nSPS) is 22.7. The maximum absolute atomic E-state index is 13.0. The number of amides is 2. The van der Waals surface area contributed by atoms with Crippen molar-refractivity contribution in [3.63, 3.8) is 0 Å². The number of benzene rings is 1.